The lowest BCUT2D eigenvalue weighted by molar-refractivity contribution is -0.235. The fourth-order valence-electron chi connectivity index (χ4n) is 11.8. The first-order chi connectivity index (χ1) is 34.2. The van der Waals surface area contributed by atoms with Crippen LogP contribution in [0, 0.1) is 28.6 Å². The fraction of sp³-hybridized carbons (Fsp3) is 0.538. The van der Waals surface area contributed by atoms with E-state index in [1.165, 1.54) is 13.8 Å². The molecule has 1 aliphatic heterocycles. The highest BCUT2D eigenvalue weighted by atomic mass is 31.2. The lowest BCUT2D eigenvalue weighted by Crippen LogP contribution is -2.70. The van der Waals surface area contributed by atoms with Gasteiger partial charge in [0, 0.05) is 40.3 Å². The first-order valence-electron chi connectivity index (χ1n) is 24.4. The zero-order valence-corrected chi connectivity index (χ0v) is 42.6. The number of Topliss-reactive ketones (excluding diaryl/α,β-unsaturated/α-hetero) is 1. The van der Waals surface area contributed by atoms with E-state index >= 15 is 8.78 Å². The van der Waals surface area contributed by atoms with Gasteiger partial charge in [-0.05, 0) is 100 Å². The largest absolute Gasteiger partial charge is 0.481 e. The van der Waals surface area contributed by atoms with Crippen LogP contribution in [0.15, 0.2) is 84.0 Å². The van der Waals surface area contributed by atoms with Crippen LogP contribution in [0.5, 0.6) is 0 Å². The summed E-state index contributed by atoms with van der Waals surface area (Å²) in [5.74, 6) is -6.87. The predicted octanol–water partition coefficient (Wildman–Crippen LogP) is 5.37. The minimum atomic E-state index is -5.16. The van der Waals surface area contributed by atoms with Crippen molar-refractivity contribution in [3.8, 4) is 0 Å². The van der Waals surface area contributed by atoms with E-state index in [1.54, 1.807) is 101 Å². The van der Waals surface area contributed by atoms with Gasteiger partial charge in [-0.2, -0.15) is 0 Å². The van der Waals surface area contributed by atoms with Gasteiger partial charge in [0.05, 0.1) is 12.2 Å². The number of fused-ring (bicyclic) bond motifs is 7. The Morgan fingerprint density at radius 3 is 2.22 bits per heavy atom. The van der Waals surface area contributed by atoms with Crippen molar-refractivity contribution in [2.75, 3.05) is 11.9 Å². The van der Waals surface area contributed by atoms with Gasteiger partial charge in [0.15, 0.2) is 23.3 Å². The van der Waals surface area contributed by atoms with Crippen LogP contribution in [0.25, 0.3) is 0 Å². The maximum atomic E-state index is 18.1. The summed E-state index contributed by atoms with van der Waals surface area (Å²) in [6.45, 7) is 10.0. The van der Waals surface area contributed by atoms with Crippen LogP contribution in [0.2, 0.25) is 0 Å². The Balaban J connectivity index is 1.01. The molecule has 0 bridgehead atoms. The summed E-state index contributed by atoms with van der Waals surface area (Å²) in [6.07, 6.45) is 0.408. The van der Waals surface area contributed by atoms with Crippen molar-refractivity contribution in [2.45, 2.75) is 141 Å². The number of aliphatic hydroxyl groups excluding tert-OH is 1. The van der Waals surface area contributed by atoms with E-state index in [0.29, 0.717) is 23.2 Å². The second-order valence-electron chi connectivity index (χ2n) is 20.7. The van der Waals surface area contributed by atoms with Crippen LogP contribution >= 0.6 is 7.82 Å². The molecule has 7 rings (SSSR count). The van der Waals surface area contributed by atoms with Gasteiger partial charge in [0.25, 0.3) is 0 Å². The van der Waals surface area contributed by atoms with Crippen LogP contribution in [0.4, 0.5) is 14.5 Å². The van der Waals surface area contributed by atoms with Gasteiger partial charge in [0.2, 0.25) is 23.6 Å². The molecular formula is C52H65F2N4O14P. The van der Waals surface area contributed by atoms with Crippen molar-refractivity contribution >= 4 is 48.9 Å². The first kappa shape index (κ1) is 55.3. The van der Waals surface area contributed by atoms with Crippen molar-refractivity contribution < 1.29 is 76.1 Å². The van der Waals surface area contributed by atoms with Crippen molar-refractivity contribution in [3.63, 3.8) is 0 Å². The second kappa shape index (κ2) is 21.0. The van der Waals surface area contributed by atoms with E-state index in [2.05, 4.69) is 21.3 Å². The molecule has 0 unspecified atom stereocenters. The van der Waals surface area contributed by atoms with Gasteiger partial charge in [0.1, 0.15) is 30.9 Å². The van der Waals surface area contributed by atoms with Crippen molar-refractivity contribution in [1.82, 2.24) is 16.0 Å². The highest BCUT2D eigenvalue weighted by Gasteiger charge is 2.80. The standard InChI is InChI=1S/C52H65F2N4O14P/c1-8-30-18-19-49(6)37(22-30)38(53)23-36-35-24-42-52(41(60)26-70-73(67,68)69,50(35,7)25-40(59)51(36,49)54)72-48(71-42)33-14-12-31(13-15-33)20-32-10-9-11-34(21-32)57-46(65)29(5)55-45(64)28(4)56-47(66)39(16-17-43(61)62)58-44(63)27(2)3/h8-15,18-19,21-22,27-29,35-36,38-40,42,48,59H,16-17,20,23-26H2,1-7H3,(H,55,64)(H,56,66)(H,57,65)(H,58,63)(H,61,62)(H2,67,68,69)/b30-8+/t28-,29-,35-,36-,38-,39-,40-,42+,48+,49-,50-,51-,52+/m0/s1. The topological polar surface area (TPSA) is 276 Å². The van der Waals surface area contributed by atoms with Gasteiger partial charge in [-0.25, -0.2) is 13.3 Å². The van der Waals surface area contributed by atoms with Crippen LogP contribution in [-0.2, 0) is 53.8 Å². The number of anilines is 1. The smallest absolute Gasteiger partial charge is 0.470 e. The molecule has 4 fully saturated rings. The number of alkyl halides is 2. The Labute approximate surface area is 422 Å². The molecule has 4 aliphatic carbocycles. The Bertz CT molecular complexity index is 2660. The zero-order chi connectivity index (χ0) is 53.6. The predicted molar refractivity (Wildman–Crippen MR) is 260 cm³/mol. The number of nitrogens with one attached hydrogen (secondary N) is 4. The lowest BCUT2D eigenvalue weighted by Gasteiger charge is -2.63. The number of allylic oxidation sites excluding steroid dienone is 6. The maximum Gasteiger partial charge on any atom is 0.470 e. The molecule has 0 spiro atoms. The highest BCUT2D eigenvalue weighted by molar-refractivity contribution is 7.46. The molecule has 5 aliphatic rings. The number of aliphatic hydroxyl groups is 1. The Morgan fingerprint density at radius 2 is 1.58 bits per heavy atom. The zero-order valence-electron chi connectivity index (χ0n) is 41.7. The van der Waals surface area contributed by atoms with E-state index in [9.17, 15) is 48.2 Å². The quantitative estimate of drug-likeness (QED) is 0.0873. The molecule has 2 aromatic carbocycles. The summed E-state index contributed by atoms with van der Waals surface area (Å²) >= 11 is 0. The number of amides is 4. The molecule has 18 nitrogen and oxygen atoms in total. The van der Waals surface area contributed by atoms with Crippen LogP contribution in [0.1, 0.15) is 104 Å². The maximum absolute atomic E-state index is 18.1. The average Bonchev–Trinajstić information content (AvgIpc) is 3.83. The molecule has 73 heavy (non-hydrogen) atoms. The summed E-state index contributed by atoms with van der Waals surface area (Å²) in [5, 5.41) is 31.4. The summed E-state index contributed by atoms with van der Waals surface area (Å²) in [6, 6.07) is 10.6. The molecule has 1 saturated heterocycles. The second-order valence-corrected chi connectivity index (χ2v) is 21.9. The molecule has 2 aromatic rings. The summed E-state index contributed by atoms with van der Waals surface area (Å²) < 4.78 is 64.2. The van der Waals surface area contributed by atoms with Crippen LogP contribution in [-0.4, -0.2) is 110 Å². The van der Waals surface area contributed by atoms with Crippen LogP contribution < -0.4 is 21.3 Å². The summed E-state index contributed by atoms with van der Waals surface area (Å²) in [4.78, 5) is 96.3. The van der Waals surface area contributed by atoms with Crippen LogP contribution in [0.3, 0.4) is 0 Å². The van der Waals surface area contributed by atoms with E-state index in [4.69, 9.17) is 19.1 Å². The van der Waals surface area contributed by atoms with Gasteiger partial charge in [-0.3, -0.25) is 33.3 Å². The summed E-state index contributed by atoms with van der Waals surface area (Å²) in [5.41, 5.74) is -3.81. The molecule has 13 atom stereocenters. The third-order valence-corrected chi connectivity index (χ3v) is 16.2. The average molecular weight is 1040 g/mol. The molecule has 21 heteroatoms. The van der Waals surface area contributed by atoms with Gasteiger partial charge >= 0.3 is 13.8 Å². The normalized spacial score (nSPS) is 32.0. The number of phosphoric ester groups is 1. The molecule has 0 radical (unpaired) electrons. The van der Waals surface area contributed by atoms with Gasteiger partial charge in [-0.1, -0.05) is 81.5 Å². The van der Waals surface area contributed by atoms with E-state index < -0.39 is 139 Å². The monoisotopic (exact) mass is 1040 g/mol. The number of carbonyl (C=O) groups is 6. The van der Waals surface area contributed by atoms with Gasteiger partial charge < -0.3 is 50.7 Å². The third-order valence-electron chi connectivity index (χ3n) is 15.7. The number of ketones is 1. The number of carboxylic acids is 1. The number of benzene rings is 2. The minimum absolute atomic E-state index is 0.0233. The number of carbonyl (C=O) groups excluding carboxylic acids is 5. The number of phosphoric acid groups is 1. The number of carboxylic acid groups (broad SMARTS) is 1. The molecule has 4 amide bonds. The van der Waals surface area contributed by atoms with E-state index in [0.717, 1.165) is 11.1 Å². The number of halogens is 2. The van der Waals surface area contributed by atoms with Crippen molar-refractivity contribution in [3.05, 3.63) is 101 Å². The Morgan fingerprint density at radius 1 is 0.904 bits per heavy atom. The number of aliphatic carboxylic acids is 1. The lowest BCUT2D eigenvalue weighted by atomic mass is 9.44. The van der Waals surface area contributed by atoms with Gasteiger partial charge in [-0.15, -0.1) is 0 Å². The molecule has 396 valence electrons. The number of rotatable bonds is 18. The fourth-order valence-corrected chi connectivity index (χ4v) is 12.0. The molecule has 0 aromatic heterocycles. The third kappa shape index (κ3) is 10.6. The number of hydrogen-bond donors (Lipinski definition) is 8. The first-order valence-corrected chi connectivity index (χ1v) is 26.0. The minimum Gasteiger partial charge on any atom is -0.481 e. The SMILES string of the molecule is C/C=C1\C=C[C@@]2(C)C(=C1)[C@@H](F)C[C@H]1[C@@H]3C[C@H]4O[C@@H](c5ccc(Cc6cccc(NC(=O)[C@H](C)NC(=O)[C@H](C)NC(=O)[C@H](CCC(=O)O)NC(=O)C(C)C)c6)cc5)O[C@@]4(C(=O)COP(=O)(O)O)[C@@]3(C)C[C@H](O)[C@@]12F. The molecule has 3 saturated carbocycles. The summed E-state index contributed by atoms with van der Waals surface area (Å²) in [7, 11) is -5.16. The molecular weight excluding hydrogens is 974 g/mol. The number of ether oxygens (including phenoxy) is 2. The van der Waals surface area contributed by atoms with E-state index in [-0.39, 0.29) is 31.3 Å². The Hall–Kier alpha value is -5.47. The number of hydrogen-bond acceptors (Lipinski definition) is 11. The van der Waals surface area contributed by atoms with E-state index in [1.807, 2.05) is 6.07 Å². The molecule has 8 N–H and O–H groups in total. The molecule has 1 heterocycles. The Kier molecular flexibility index (Phi) is 15.9. The highest BCUT2D eigenvalue weighted by Crippen LogP contribution is 2.73. The van der Waals surface area contributed by atoms with Crippen molar-refractivity contribution in [1.29, 1.82) is 0 Å². The van der Waals surface area contributed by atoms with Crippen molar-refractivity contribution in [2.24, 2.45) is 28.6 Å².